The van der Waals surface area contributed by atoms with Crippen molar-refractivity contribution in [2.45, 2.75) is 26.7 Å². The van der Waals surface area contributed by atoms with E-state index in [0.717, 1.165) is 13.0 Å². The molecular weight excluding hydrogens is 98.1 g/mol. The second kappa shape index (κ2) is 1.88. The van der Waals surface area contributed by atoms with Crippen LogP contribution in [-0.4, -0.2) is 12.8 Å². The monoisotopic (exact) mass is 111 g/mol. The van der Waals surface area contributed by atoms with Crippen molar-refractivity contribution < 1.29 is 0 Å². The molecule has 0 atom stereocenters. The lowest BCUT2D eigenvalue weighted by Gasteiger charge is -2.24. The van der Waals surface area contributed by atoms with Gasteiger partial charge in [-0.2, -0.15) is 0 Å². The first-order valence-corrected chi connectivity index (χ1v) is 3.19. The molecule has 0 amide bonds. The van der Waals surface area contributed by atoms with Crippen LogP contribution in [0.2, 0.25) is 0 Å². The predicted molar refractivity (Wildman–Crippen MR) is 36.4 cm³/mol. The molecule has 0 aromatic carbocycles. The van der Waals surface area contributed by atoms with Gasteiger partial charge in [-0.3, -0.25) is 4.99 Å². The van der Waals surface area contributed by atoms with E-state index < -0.39 is 0 Å². The Morgan fingerprint density at radius 2 is 2.25 bits per heavy atom. The zero-order valence-electron chi connectivity index (χ0n) is 5.65. The molecule has 0 aliphatic carbocycles. The average Bonchev–Trinajstić information content (AvgIpc) is 1.65. The average molecular weight is 111 g/mol. The van der Waals surface area contributed by atoms with Crippen molar-refractivity contribution in [1.82, 2.24) is 0 Å². The van der Waals surface area contributed by atoms with E-state index in [2.05, 4.69) is 18.8 Å². The standard InChI is InChI=1S/C7H13N/c1-7(2)3-5-8-6-4-7/h5H,3-4,6H2,1-2H3. The first-order valence-electron chi connectivity index (χ1n) is 3.19. The van der Waals surface area contributed by atoms with Crippen LogP contribution in [0.4, 0.5) is 0 Å². The van der Waals surface area contributed by atoms with Crippen LogP contribution in [0.1, 0.15) is 26.7 Å². The van der Waals surface area contributed by atoms with Gasteiger partial charge in [0.2, 0.25) is 0 Å². The topological polar surface area (TPSA) is 12.4 Å². The van der Waals surface area contributed by atoms with E-state index in [1.54, 1.807) is 0 Å². The van der Waals surface area contributed by atoms with E-state index in [1.807, 2.05) is 6.21 Å². The number of hydrogen-bond donors (Lipinski definition) is 0. The van der Waals surface area contributed by atoms with Crippen LogP contribution in [0.25, 0.3) is 0 Å². The van der Waals surface area contributed by atoms with Crippen molar-refractivity contribution in [2.24, 2.45) is 10.4 Å². The van der Waals surface area contributed by atoms with Crippen LogP contribution in [0.15, 0.2) is 4.99 Å². The molecule has 0 saturated heterocycles. The summed E-state index contributed by atoms with van der Waals surface area (Å²) in [5.74, 6) is 0. The molecule has 0 spiro atoms. The molecule has 1 heteroatoms. The largest absolute Gasteiger partial charge is 0.297 e. The van der Waals surface area contributed by atoms with E-state index in [9.17, 15) is 0 Å². The lowest BCUT2D eigenvalue weighted by Crippen LogP contribution is -2.16. The zero-order valence-corrected chi connectivity index (χ0v) is 5.65. The second-order valence-corrected chi connectivity index (χ2v) is 3.21. The maximum absolute atomic E-state index is 4.15. The zero-order chi connectivity index (χ0) is 6.04. The highest BCUT2D eigenvalue weighted by Gasteiger charge is 2.17. The van der Waals surface area contributed by atoms with Crippen molar-refractivity contribution in [3.05, 3.63) is 0 Å². The van der Waals surface area contributed by atoms with E-state index in [1.165, 1.54) is 6.42 Å². The quantitative estimate of drug-likeness (QED) is 0.452. The first kappa shape index (κ1) is 5.80. The van der Waals surface area contributed by atoms with Gasteiger partial charge >= 0.3 is 0 Å². The Balaban J connectivity index is 2.50. The molecule has 1 aliphatic rings. The summed E-state index contributed by atoms with van der Waals surface area (Å²) in [4.78, 5) is 4.15. The van der Waals surface area contributed by atoms with Crippen LogP contribution in [-0.2, 0) is 0 Å². The molecule has 1 rings (SSSR count). The highest BCUT2D eigenvalue weighted by Crippen LogP contribution is 2.25. The van der Waals surface area contributed by atoms with E-state index >= 15 is 0 Å². The summed E-state index contributed by atoms with van der Waals surface area (Å²) in [6, 6.07) is 0. The predicted octanol–water partition coefficient (Wildman–Crippen LogP) is 1.88. The van der Waals surface area contributed by atoms with Crippen LogP contribution < -0.4 is 0 Å². The lowest BCUT2D eigenvalue weighted by atomic mass is 9.85. The maximum Gasteiger partial charge on any atom is 0.0390 e. The van der Waals surface area contributed by atoms with Gasteiger partial charge in [0.1, 0.15) is 0 Å². The van der Waals surface area contributed by atoms with Gasteiger partial charge in [-0.15, -0.1) is 0 Å². The molecule has 46 valence electrons. The second-order valence-electron chi connectivity index (χ2n) is 3.21. The Hall–Kier alpha value is -0.330. The fraction of sp³-hybridized carbons (Fsp3) is 0.857. The smallest absolute Gasteiger partial charge is 0.0390 e. The molecule has 1 aliphatic heterocycles. The molecule has 0 saturated carbocycles. The van der Waals surface area contributed by atoms with Crippen molar-refractivity contribution in [1.29, 1.82) is 0 Å². The van der Waals surface area contributed by atoms with E-state index in [-0.39, 0.29) is 0 Å². The van der Waals surface area contributed by atoms with Crippen LogP contribution in [0, 0.1) is 5.41 Å². The van der Waals surface area contributed by atoms with Gasteiger partial charge in [0.25, 0.3) is 0 Å². The van der Waals surface area contributed by atoms with Gasteiger partial charge in [-0.1, -0.05) is 13.8 Å². The van der Waals surface area contributed by atoms with E-state index in [0.29, 0.717) is 5.41 Å². The Morgan fingerprint density at radius 3 is 2.50 bits per heavy atom. The highest BCUT2D eigenvalue weighted by atomic mass is 14.7. The number of aliphatic imine (C=N–C) groups is 1. The van der Waals surface area contributed by atoms with Crippen LogP contribution in [0.3, 0.4) is 0 Å². The number of nitrogens with zero attached hydrogens (tertiary/aromatic N) is 1. The fourth-order valence-corrected chi connectivity index (χ4v) is 0.872. The normalized spacial score (nSPS) is 25.8. The molecular formula is C7H13N. The molecule has 0 fully saturated rings. The van der Waals surface area contributed by atoms with Gasteiger partial charge in [-0.05, 0) is 24.5 Å². The van der Waals surface area contributed by atoms with Crippen molar-refractivity contribution in [3.63, 3.8) is 0 Å². The molecule has 0 radical (unpaired) electrons. The Bertz CT molecular complexity index is 103. The summed E-state index contributed by atoms with van der Waals surface area (Å²) in [5, 5.41) is 0. The van der Waals surface area contributed by atoms with Crippen molar-refractivity contribution in [3.8, 4) is 0 Å². The molecule has 1 heterocycles. The minimum atomic E-state index is 0.530. The summed E-state index contributed by atoms with van der Waals surface area (Å²) < 4.78 is 0. The molecule has 0 unspecified atom stereocenters. The Morgan fingerprint density at radius 1 is 1.50 bits per heavy atom. The lowest BCUT2D eigenvalue weighted by molar-refractivity contribution is 0.348. The Kier molecular flexibility index (Phi) is 1.37. The van der Waals surface area contributed by atoms with Gasteiger partial charge < -0.3 is 0 Å². The van der Waals surface area contributed by atoms with Crippen molar-refractivity contribution in [2.75, 3.05) is 6.54 Å². The minimum Gasteiger partial charge on any atom is -0.297 e. The third-order valence-electron chi connectivity index (χ3n) is 1.69. The molecule has 8 heavy (non-hydrogen) atoms. The van der Waals surface area contributed by atoms with Crippen molar-refractivity contribution >= 4 is 6.21 Å². The third kappa shape index (κ3) is 1.32. The SMILES string of the molecule is CC1(C)CC=NCC1. The number of hydrogen-bond acceptors (Lipinski definition) is 1. The molecule has 1 nitrogen and oxygen atoms in total. The summed E-state index contributed by atoms with van der Waals surface area (Å²) >= 11 is 0. The van der Waals surface area contributed by atoms with E-state index in [4.69, 9.17) is 0 Å². The maximum atomic E-state index is 4.15. The van der Waals surface area contributed by atoms with Gasteiger partial charge in [-0.25, -0.2) is 0 Å². The molecule has 0 aromatic rings. The minimum absolute atomic E-state index is 0.530. The summed E-state index contributed by atoms with van der Waals surface area (Å²) in [6.45, 7) is 5.61. The summed E-state index contributed by atoms with van der Waals surface area (Å²) in [7, 11) is 0. The number of rotatable bonds is 0. The summed E-state index contributed by atoms with van der Waals surface area (Å²) in [6.07, 6.45) is 4.46. The first-order chi connectivity index (χ1) is 3.71. The van der Waals surface area contributed by atoms with Crippen LogP contribution >= 0.6 is 0 Å². The van der Waals surface area contributed by atoms with Gasteiger partial charge in [0.05, 0.1) is 0 Å². The third-order valence-corrected chi connectivity index (χ3v) is 1.69. The van der Waals surface area contributed by atoms with Gasteiger partial charge in [0.15, 0.2) is 0 Å². The van der Waals surface area contributed by atoms with Crippen LogP contribution in [0.5, 0.6) is 0 Å². The molecule has 0 N–H and O–H groups in total. The summed E-state index contributed by atoms with van der Waals surface area (Å²) in [5.41, 5.74) is 0.530. The van der Waals surface area contributed by atoms with Gasteiger partial charge in [0, 0.05) is 6.54 Å². The molecule has 0 aromatic heterocycles. The highest BCUT2D eigenvalue weighted by molar-refractivity contribution is 5.59. The Labute approximate surface area is 50.8 Å². The fourth-order valence-electron chi connectivity index (χ4n) is 0.872. The molecule has 0 bridgehead atoms.